The van der Waals surface area contributed by atoms with Gasteiger partial charge in [-0.25, -0.2) is 13.2 Å². The molecule has 1 saturated heterocycles. The van der Waals surface area contributed by atoms with Crippen LogP contribution in [0, 0.1) is 5.82 Å². The second kappa shape index (κ2) is 9.13. The highest BCUT2D eigenvalue weighted by atomic mass is 19.3. The summed E-state index contributed by atoms with van der Waals surface area (Å²) in [4.78, 5) is 0. The van der Waals surface area contributed by atoms with E-state index in [1.807, 2.05) is 13.1 Å². The molecule has 1 aromatic rings. The molecule has 3 heterocycles. The molecule has 166 valence electrons. The number of benzene rings is 1. The van der Waals surface area contributed by atoms with E-state index in [-0.39, 0.29) is 31.5 Å². The molecule has 0 aromatic heterocycles. The van der Waals surface area contributed by atoms with Gasteiger partial charge in [0.15, 0.2) is 5.82 Å². The van der Waals surface area contributed by atoms with Crippen molar-refractivity contribution in [3.05, 3.63) is 29.1 Å². The van der Waals surface area contributed by atoms with Gasteiger partial charge < -0.3 is 20.7 Å². The lowest BCUT2D eigenvalue weighted by atomic mass is 9.95. The van der Waals surface area contributed by atoms with Gasteiger partial charge in [-0.15, -0.1) is 0 Å². The average molecular weight is 425 g/mol. The van der Waals surface area contributed by atoms with Crippen molar-refractivity contribution in [1.29, 1.82) is 0 Å². The normalized spacial score (nSPS) is 29.2. The van der Waals surface area contributed by atoms with Gasteiger partial charge in [-0.05, 0) is 44.9 Å². The smallest absolute Gasteiger partial charge is 0.253 e. The second-order valence-electron chi connectivity index (χ2n) is 8.21. The van der Waals surface area contributed by atoms with E-state index in [9.17, 15) is 8.78 Å². The fraction of sp³-hybridized carbons (Fsp3) is 0.619. The zero-order valence-electron chi connectivity index (χ0n) is 17.3. The number of hydrogen-bond donors (Lipinski definition) is 5. The van der Waals surface area contributed by atoms with Crippen molar-refractivity contribution in [3.63, 3.8) is 0 Å². The summed E-state index contributed by atoms with van der Waals surface area (Å²) in [6.45, 7) is 2.86. The van der Waals surface area contributed by atoms with E-state index in [1.54, 1.807) is 6.07 Å². The summed E-state index contributed by atoms with van der Waals surface area (Å²) in [5.74, 6) is 0.145. The van der Waals surface area contributed by atoms with Gasteiger partial charge >= 0.3 is 0 Å². The number of anilines is 1. The Morgan fingerprint density at radius 3 is 2.83 bits per heavy atom. The molecule has 0 radical (unpaired) electrons. The molecule has 1 aromatic carbocycles. The van der Waals surface area contributed by atoms with Crippen LogP contribution in [-0.2, 0) is 6.42 Å². The van der Waals surface area contributed by atoms with Gasteiger partial charge in [-0.1, -0.05) is 6.08 Å². The minimum atomic E-state index is -2.44. The molecule has 3 aliphatic rings. The summed E-state index contributed by atoms with van der Waals surface area (Å²) in [6.07, 6.45) is 1.41. The summed E-state index contributed by atoms with van der Waals surface area (Å²) < 4.78 is 47.7. The van der Waals surface area contributed by atoms with Crippen LogP contribution in [0.15, 0.2) is 12.1 Å². The van der Waals surface area contributed by atoms with Crippen molar-refractivity contribution in [2.24, 2.45) is 0 Å². The van der Waals surface area contributed by atoms with Crippen molar-refractivity contribution in [1.82, 2.24) is 21.3 Å². The zero-order valence-corrected chi connectivity index (χ0v) is 17.3. The van der Waals surface area contributed by atoms with Crippen LogP contribution in [0.25, 0.3) is 5.57 Å². The van der Waals surface area contributed by atoms with E-state index in [0.717, 1.165) is 17.6 Å². The fourth-order valence-electron chi connectivity index (χ4n) is 4.46. The molecule has 5 N–H and O–H groups in total. The van der Waals surface area contributed by atoms with Crippen LogP contribution in [0.4, 0.5) is 18.9 Å². The monoisotopic (exact) mass is 425 g/mol. The van der Waals surface area contributed by atoms with Gasteiger partial charge in [0.25, 0.3) is 6.43 Å². The summed E-state index contributed by atoms with van der Waals surface area (Å²) in [5.41, 5.74) is 2.44. The predicted molar refractivity (Wildman–Crippen MR) is 111 cm³/mol. The molecule has 0 aliphatic carbocycles. The number of fused-ring (bicyclic) bond motifs is 1. The predicted octanol–water partition coefficient (Wildman–Crippen LogP) is 2.37. The summed E-state index contributed by atoms with van der Waals surface area (Å²) in [7, 11) is 1.89. The number of hydrogen-bond acceptors (Lipinski definition) is 6. The van der Waals surface area contributed by atoms with Crippen molar-refractivity contribution >= 4 is 11.3 Å². The number of halogens is 3. The molecule has 3 unspecified atom stereocenters. The summed E-state index contributed by atoms with van der Waals surface area (Å²) in [5, 5.41) is 16.0. The van der Waals surface area contributed by atoms with Gasteiger partial charge in [0, 0.05) is 24.6 Å². The second-order valence-corrected chi connectivity index (χ2v) is 8.21. The van der Waals surface area contributed by atoms with Crippen molar-refractivity contribution in [2.75, 3.05) is 25.5 Å². The van der Waals surface area contributed by atoms with Crippen molar-refractivity contribution < 1.29 is 17.9 Å². The van der Waals surface area contributed by atoms with Gasteiger partial charge in [0.2, 0.25) is 0 Å². The number of nitrogens with one attached hydrogen (secondary N) is 5. The van der Waals surface area contributed by atoms with Crippen LogP contribution in [0.5, 0.6) is 5.75 Å². The molecule has 6 nitrogen and oxygen atoms in total. The van der Waals surface area contributed by atoms with Gasteiger partial charge in [-0.3, -0.25) is 10.6 Å². The first-order valence-corrected chi connectivity index (χ1v) is 10.6. The van der Waals surface area contributed by atoms with E-state index >= 15 is 4.39 Å². The van der Waals surface area contributed by atoms with Crippen LogP contribution >= 0.6 is 0 Å². The van der Waals surface area contributed by atoms with Crippen molar-refractivity contribution in [3.8, 4) is 5.75 Å². The lowest BCUT2D eigenvalue weighted by Gasteiger charge is -2.37. The SMILES string of the molecule is CNC1CC(C)NC(Nc2cc3c(c(C4=CCN[C@@H](C(F)F)CC4)c2F)OCC3)N1. The first-order chi connectivity index (χ1) is 14.5. The van der Waals surface area contributed by atoms with Crippen molar-refractivity contribution in [2.45, 2.75) is 63.6 Å². The molecule has 30 heavy (non-hydrogen) atoms. The van der Waals surface area contributed by atoms with Crippen LogP contribution < -0.4 is 31.3 Å². The molecular weight excluding hydrogens is 395 g/mol. The standard InChI is InChI=1S/C21H30F3N5O/c1-11-9-16(25-2)29-21(27-11)28-15-10-13-6-8-30-19(13)17(18(15)22)12-3-4-14(20(23)24)26-7-5-12/h5,10-11,14,16,20-21,25-29H,3-4,6-9H2,1-2H3/t11?,14-,16?,21?/m1/s1. The van der Waals surface area contributed by atoms with Crippen LogP contribution in [-0.4, -0.2) is 51.2 Å². The third-order valence-corrected chi connectivity index (χ3v) is 6.05. The minimum Gasteiger partial charge on any atom is -0.492 e. The zero-order chi connectivity index (χ0) is 21.3. The highest BCUT2D eigenvalue weighted by Gasteiger charge is 2.30. The quantitative estimate of drug-likeness (QED) is 0.499. The van der Waals surface area contributed by atoms with E-state index in [4.69, 9.17) is 4.74 Å². The molecule has 0 saturated carbocycles. The van der Waals surface area contributed by atoms with Gasteiger partial charge in [0.05, 0.1) is 30.1 Å². The van der Waals surface area contributed by atoms with E-state index in [1.165, 1.54) is 0 Å². The first kappa shape index (κ1) is 21.4. The third-order valence-electron chi connectivity index (χ3n) is 6.05. The number of rotatable bonds is 5. The topological polar surface area (TPSA) is 69.4 Å². The molecule has 4 atom stereocenters. The van der Waals surface area contributed by atoms with E-state index < -0.39 is 18.3 Å². The first-order valence-electron chi connectivity index (χ1n) is 10.6. The Morgan fingerprint density at radius 2 is 2.07 bits per heavy atom. The maximum atomic E-state index is 15.7. The maximum Gasteiger partial charge on any atom is 0.253 e. The largest absolute Gasteiger partial charge is 0.492 e. The van der Waals surface area contributed by atoms with Crippen LogP contribution in [0.3, 0.4) is 0 Å². The van der Waals surface area contributed by atoms with E-state index in [0.29, 0.717) is 36.4 Å². The maximum absolute atomic E-state index is 15.7. The Labute approximate surface area is 175 Å². The minimum absolute atomic E-state index is 0.112. The molecular formula is C21H30F3N5O. The lowest BCUT2D eigenvalue weighted by Crippen LogP contribution is -2.63. The molecule has 9 heteroatoms. The van der Waals surface area contributed by atoms with Gasteiger partial charge in [0.1, 0.15) is 12.0 Å². The summed E-state index contributed by atoms with van der Waals surface area (Å²) in [6, 6.07) is 1.17. The lowest BCUT2D eigenvalue weighted by molar-refractivity contribution is 0.0974. The Bertz CT molecular complexity index is 803. The number of allylic oxidation sites excluding steroid dienone is 1. The Hall–Kier alpha value is -1.81. The molecule has 1 fully saturated rings. The molecule has 0 bridgehead atoms. The van der Waals surface area contributed by atoms with Crippen LogP contribution in [0.2, 0.25) is 0 Å². The van der Waals surface area contributed by atoms with Crippen LogP contribution in [0.1, 0.15) is 37.3 Å². The fourth-order valence-corrected chi connectivity index (χ4v) is 4.46. The Kier molecular flexibility index (Phi) is 6.52. The van der Waals surface area contributed by atoms with E-state index in [2.05, 4.69) is 33.5 Å². The molecule has 0 amide bonds. The highest BCUT2D eigenvalue weighted by Crippen LogP contribution is 2.41. The summed E-state index contributed by atoms with van der Waals surface area (Å²) >= 11 is 0. The molecule has 4 rings (SSSR count). The Balaban J connectivity index is 1.62. The molecule has 3 aliphatic heterocycles. The third kappa shape index (κ3) is 4.44. The highest BCUT2D eigenvalue weighted by molar-refractivity contribution is 5.77. The average Bonchev–Trinajstić information content (AvgIpc) is 3.02. The van der Waals surface area contributed by atoms with Gasteiger partial charge in [-0.2, -0.15) is 0 Å². The number of alkyl halides is 2. The Morgan fingerprint density at radius 1 is 1.23 bits per heavy atom. The number of ether oxygens (including phenoxy) is 1. The molecule has 0 spiro atoms.